The molecule has 1 atom stereocenters. The number of hydrogen-bond acceptors (Lipinski definition) is 4. The van der Waals surface area contributed by atoms with E-state index in [0.717, 1.165) is 38.9 Å². The highest BCUT2D eigenvalue weighted by Gasteiger charge is 2.18. The average molecular weight is 281 g/mol. The van der Waals surface area contributed by atoms with Crippen LogP contribution in [0.25, 0.3) is 0 Å². The maximum Gasteiger partial charge on any atom is 0.304 e. The second kappa shape index (κ2) is 6.65. The van der Waals surface area contributed by atoms with Crippen molar-refractivity contribution in [2.45, 2.75) is 32.2 Å². The summed E-state index contributed by atoms with van der Waals surface area (Å²) in [5, 5.41) is 13.9. The van der Waals surface area contributed by atoms with Crippen LogP contribution in [0.3, 0.4) is 0 Å². The van der Waals surface area contributed by atoms with Gasteiger partial charge in [0.25, 0.3) is 0 Å². The number of hydrogen-bond donors (Lipinski definition) is 1. The van der Waals surface area contributed by atoms with Crippen LogP contribution in [-0.4, -0.2) is 35.5 Å². The number of rotatable bonds is 4. The molecule has 0 amide bonds. The van der Waals surface area contributed by atoms with Gasteiger partial charge >= 0.3 is 5.69 Å². The van der Waals surface area contributed by atoms with E-state index in [1.165, 1.54) is 12.1 Å². The average Bonchev–Trinajstić information content (AvgIpc) is 2.63. The monoisotopic (exact) mass is 281 g/mol. The van der Waals surface area contributed by atoms with E-state index in [9.17, 15) is 14.5 Å². The molecule has 0 aromatic heterocycles. The Hall–Kier alpha value is -1.69. The maximum atomic E-state index is 13.6. The fourth-order valence-corrected chi connectivity index (χ4v) is 2.60. The van der Waals surface area contributed by atoms with Crippen LogP contribution in [0.15, 0.2) is 18.2 Å². The van der Waals surface area contributed by atoms with Crippen molar-refractivity contribution in [1.29, 1.82) is 0 Å². The van der Waals surface area contributed by atoms with Gasteiger partial charge in [0, 0.05) is 30.4 Å². The first kappa shape index (κ1) is 14.7. The topological polar surface area (TPSA) is 58.4 Å². The van der Waals surface area contributed by atoms with Crippen molar-refractivity contribution in [2.24, 2.45) is 0 Å². The fourth-order valence-electron chi connectivity index (χ4n) is 2.60. The van der Waals surface area contributed by atoms with Gasteiger partial charge in [-0.1, -0.05) is 6.92 Å². The molecule has 1 saturated heterocycles. The number of halogens is 1. The Morgan fingerprint density at radius 3 is 2.90 bits per heavy atom. The van der Waals surface area contributed by atoms with Crippen LogP contribution in [0.5, 0.6) is 0 Å². The lowest BCUT2D eigenvalue weighted by molar-refractivity contribution is -0.387. The van der Waals surface area contributed by atoms with Crippen molar-refractivity contribution < 1.29 is 9.31 Å². The zero-order valence-electron chi connectivity index (χ0n) is 11.6. The van der Waals surface area contributed by atoms with Crippen molar-refractivity contribution in [3.05, 3.63) is 34.1 Å². The lowest BCUT2D eigenvalue weighted by Gasteiger charge is -2.19. The van der Waals surface area contributed by atoms with Crippen molar-refractivity contribution in [2.75, 3.05) is 25.0 Å². The zero-order valence-corrected chi connectivity index (χ0v) is 11.6. The standard InChI is InChI=1S/C14H20FN3O2/c1-2-17-8-3-4-11(7-9-17)16-12-5-6-14(18(19)20)13(15)10-12/h5-6,10-11,16H,2-4,7-9H2,1H3. The number of nitro benzene ring substituents is 1. The third kappa shape index (κ3) is 3.66. The first-order valence-corrected chi connectivity index (χ1v) is 7.03. The molecule has 1 fully saturated rings. The van der Waals surface area contributed by atoms with Crippen molar-refractivity contribution in [3.63, 3.8) is 0 Å². The van der Waals surface area contributed by atoms with Gasteiger partial charge in [-0.3, -0.25) is 10.1 Å². The molecule has 1 aromatic carbocycles. The van der Waals surface area contributed by atoms with Crippen LogP contribution in [0.1, 0.15) is 26.2 Å². The molecule has 0 spiro atoms. The van der Waals surface area contributed by atoms with Crippen LogP contribution >= 0.6 is 0 Å². The Bertz CT molecular complexity index is 481. The van der Waals surface area contributed by atoms with E-state index in [2.05, 4.69) is 17.1 Å². The highest BCUT2D eigenvalue weighted by molar-refractivity contribution is 5.50. The molecule has 1 unspecified atom stereocenters. The quantitative estimate of drug-likeness (QED) is 0.681. The first-order chi connectivity index (χ1) is 9.60. The molecule has 1 heterocycles. The lowest BCUT2D eigenvalue weighted by Crippen LogP contribution is -2.26. The molecule has 110 valence electrons. The van der Waals surface area contributed by atoms with Gasteiger partial charge in [0.15, 0.2) is 0 Å². The molecule has 0 bridgehead atoms. The van der Waals surface area contributed by atoms with Crippen molar-refractivity contribution >= 4 is 11.4 Å². The second-order valence-corrected chi connectivity index (χ2v) is 5.13. The van der Waals surface area contributed by atoms with Crippen molar-refractivity contribution in [3.8, 4) is 0 Å². The zero-order chi connectivity index (χ0) is 14.5. The molecular formula is C14H20FN3O2. The number of nitro groups is 1. The minimum Gasteiger partial charge on any atom is -0.382 e. The maximum absolute atomic E-state index is 13.6. The second-order valence-electron chi connectivity index (χ2n) is 5.13. The van der Waals surface area contributed by atoms with Gasteiger partial charge in [-0.25, -0.2) is 0 Å². The Morgan fingerprint density at radius 2 is 2.25 bits per heavy atom. The molecule has 0 radical (unpaired) electrons. The SMILES string of the molecule is CCN1CCCC(Nc2ccc([N+](=O)[O-])c(F)c2)CC1. The van der Waals surface area contributed by atoms with Gasteiger partial charge in [0.2, 0.25) is 5.82 Å². The number of likely N-dealkylation sites (tertiary alicyclic amines) is 1. The summed E-state index contributed by atoms with van der Waals surface area (Å²) in [5.41, 5.74) is 0.136. The summed E-state index contributed by atoms with van der Waals surface area (Å²) in [5.74, 6) is -0.788. The summed E-state index contributed by atoms with van der Waals surface area (Å²) in [6.07, 6.45) is 3.16. The van der Waals surface area contributed by atoms with Crippen LogP contribution < -0.4 is 5.32 Å². The van der Waals surface area contributed by atoms with Gasteiger partial charge in [-0.15, -0.1) is 0 Å². The Labute approximate surface area is 117 Å². The van der Waals surface area contributed by atoms with Crippen LogP contribution in [0, 0.1) is 15.9 Å². The predicted molar refractivity (Wildman–Crippen MR) is 76.4 cm³/mol. The van der Waals surface area contributed by atoms with E-state index in [4.69, 9.17) is 0 Å². The molecule has 1 aromatic rings. The smallest absolute Gasteiger partial charge is 0.304 e. The summed E-state index contributed by atoms with van der Waals surface area (Å²) in [6, 6.07) is 4.30. The molecule has 0 saturated carbocycles. The van der Waals surface area contributed by atoms with E-state index in [-0.39, 0.29) is 0 Å². The molecule has 6 heteroatoms. The number of benzene rings is 1. The lowest BCUT2D eigenvalue weighted by atomic mass is 10.1. The summed E-state index contributed by atoms with van der Waals surface area (Å²) in [7, 11) is 0. The summed E-state index contributed by atoms with van der Waals surface area (Å²) in [4.78, 5) is 12.3. The molecule has 1 aliphatic heterocycles. The summed E-state index contributed by atoms with van der Waals surface area (Å²) >= 11 is 0. The Balaban J connectivity index is 1.99. The number of anilines is 1. The van der Waals surface area contributed by atoms with E-state index in [1.54, 1.807) is 6.07 Å². The third-order valence-corrected chi connectivity index (χ3v) is 3.78. The molecule has 2 rings (SSSR count). The number of nitrogens with one attached hydrogen (secondary N) is 1. The molecule has 1 aliphatic rings. The Kier molecular flexibility index (Phi) is 4.89. The van der Waals surface area contributed by atoms with E-state index >= 15 is 0 Å². The van der Waals surface area contributed by atoms with Gasteiger partial charge < -0.3 is 10.2 Å². The molecular weight excluding hydrogens is 261 g/mol. The highest BCUT2D eigenvalue weighted by atomic mass is 19.1. The van der Waals surface area contributed by atoms with Crippen molar-refractivity contribution in [1.82, 2.24) is 4.90 Å². The van der Waals surface area contributed by atoms with E-state index in [1.807, 2.05) is 0 Å². The van der Waals surface area contributed by atoms with E-state index < -0.39 is 16.4 Å². The minimum absolute atomic E-state index is 0.299. The molecule has 1 N–H and O–H groups in total. The van der Waals surface area contributed by atoms with Crippen LogP contribution in [0.2, 0.25) is 0 Å². The normalized spacial score (nSPS) is 20.4. The van der Waals surface area contributed by atoms with Gasteiger partial charge in [0.1, 0.15) is 0 Å². The van der Waals surface area contributed by atoms with Gasteiger partial charge in [0.05, 0.1) is 4.92 Å². The number of nitrogens with zero attached hydrogens (tertiary/aromatic N) is 2. The fraction of sp³-hybridized carbons (Fsp3) is 0.571. The minimum atomic E-state index is -0.788. The van der Waals surface area contributed by atoms with Crippen LogP contribution in [0.4, 0.5) is 15.8 Å². The van der Waals surface area contributed by atoms with Gasteiger partial charge in [-0.05, 0) is 38.4 Å². The summed E-state index contributed by atoms with van der Waals surface area (Å²) < 4.78 is 13.6. The largest absolute Gasteiger partial charge is 0.382 e. The Morgan fingerprint density at radius 1 is 1.45 bits per heavy atom. The highest BCUT2D eigenvalue weighted by Crippen LogP contribution is 2.23. The molecule has 0 aliphatic carbocycles. The molecule has 5 nitrogen and oxygen atoms in total. The van der Waals surface area contributed by atoms with E-state index in [0.29, 0.717) is 11.7 Å². The van der Waals surface area contributed by atoms with Gasteiger partial charge in [-0.2, -0.15) is 4.39 Å². The summed E-state index contributed by atoms with van der Waals surface area (Å²) in [6.45, 7) is 5.34. The first-order valence-electron chi connectivity index (χ1n) is 7.03. The predicted octanol–water partition coefficient (Wildman–Crippen LogP) is 3.02. The third-order valence-electron chi connectivity index (χ3n) is 3.78. The van der Waals surface area contributed by atoms with Crippen LogP contribution in [-0.2, 0) is 0 Å². The molecule has 20 heavy (non-hydrogen) atoms.